The molecular weight excluding hydrogens is 441 g/mol. The van der Waals surface area contributed by atoms with Crippen LogP contribution in [0.25, 0.3) is 10.8 Å². The molecule has 2 fully saturated rings. The predicted molar refractivity (Wildman–Crippen MR) is 126 cm³/mol. The molecule has 1 amide bonds. The molecule has 2 heterocycles. The fraction of sp³-hybridized carbons (Fsp3) is 0.250. The quantitative estimate of drug-likeness (QED) is 0.454. The van der Waals surface area contributed by atoms with Gasteiger partial charge >= 0.3 is 0 Å². The number of nitriles is 1. The summed E-state index contributed by atoms with van der Waals surface area (Å²) < 4.78 is 14.8. The normalized spacial score (nSPS) is 18.0. The molecule has 2 aromatic carbocycles. The summed E-state index contributed by atoms with van der Waals surface area (Å²) in [6, 6.07) is 13.8. The summed E-state index contributed by atoms with van der Waals surface area (Å²) in [5.74, 6) is -0.779. The minimum absolute atomic E-state index is 0.111. The van der Waals surface area contributed by atoms with E-state index in [1.807, 2.05) is 18.2 Å². The molecule has 166 valence electrons. The van der Waals surface area contributed by atoms with Crippen LogP contribution in [0.1, 0.15) is 36.7 Å². The van der Waals surface area contributed by atoms with Gasteiger partial charge in [-0.25, -0.2) is 9.37 Å². The van der Waals surface area contributed by atoms with Crippen molar-refractivity contribution in [2.45, 2.75) is 31.0 Å². The maximum Gasteiger partial charge on any atom is 0.259 e. The number of rotatable bonds is 4. The highest BCUT2D eigenvalue weighted by molar-refractivity contribution is 7.81. The van der Waals surface area contributed by atoms with Gasteiger partial charge in [0.15, 0.2) is 5.11 Å². The summed E-state index contributed by atoms with van der Waals surface area (Å²) in [7, 11) is 1.53. The standard InChI is InChI=1S/C24H20FN5O2S/c1-27-21(31)17-8-7-14(11-18(17)25)30-23(33)29(22(32)24(30)9-4-10-24)20-13-28-19(12-26)15-5-2-3-6-16(15)20/h2-3,5-8,11,13,21,27,31H,4,9-10H2,1H3. The van der Waals surface area contributed by atoms with Gasteiger partial charge < -0.3 is 10.0 Å². The molecule has 0 bridgehead atoms. The molecule has 3 aromatic rings. The molecule has 1 atom stereocenters. The molecule has 1 unspecified atom stereocenters. The highest BCUT2D eigenvalue weighted by Gasteiger charge is 2.59. The Labute approximate surface area is 195 Å². The van der Waals surface area contributed by atoms with E-state index in [0.29, 0.717) is 35.0 Å². The smallest absolute Gasteiger partial charge is 0.259 e. The number of aliphatic hydroxyl groups excluding tert-OH is 1. The van der Waals surface area contributed by atoms with Crippen molar-refractivity contribution in [2.24, 2.45) is 0 Å². The number of nitrogens with zero attached hydrogens (tertiary/aromatic N) is 4. The molecule has 1 aliphatic carbocycles. The molecule has 0 radical (unpaired) electrons. The van der Waals surface area contributed by atoms with Gasteiger partial charge in [-0.05, 0) is 50.7 Å². The number of benzene rings is 2. The Bertz CT molecular complexity index is 1350. The van der Waals surface area contributed by atoms with Crippen LogP contribution in [0.5, 0.6) is 0 Å². The van der Waals surface area contributed by atoms with Gasteiger partial charge in [-0.2, -0.15) is 5.26 Å². The van der Waals surface area contributed by atoms with Crippen molar-refractivity contribution in [1.29, 1.82) is 5.26 Å². The number of amides is 1. The second kappa shape index (κ2) is 7.85. The van der Waals surface area contributed by atoms with E-state index in [4.69, 9.17) is 12.2 Å². The molecule has 1 aromatic heterocycles. The Kier molecular flexibility index (Phi) is 5.09. The molecule has 1 saturated heterocycles. The summed E-state index contributed by atoms with van der Waals surface area (Å²) in [5, 5.41) is 23.6. The van der Waals surface area contributed by atoms with Crippen LogP contribution in [0.4, 0.5) is 15.8 Å². The Balaban J connectivity index is 1.64. The molecular formula is C24H20FN5O2S. The van der Waals surface area contributed by atoms with Crippen molar-refractivity contribution in [1.82, 2.24) is 10.3 Å². The van der Waals surface area contributed by atoms with Crippen molar-refractivity contribution in [3.8, 4) is 6.07 Å². The van der Waals surface area contributed by atoms with Gasteiger partial charge in [-0.3, -0.25) is 15.0 Å². The molecule has 2 N–H and O–H groups in total. The summed E-state index contributed by atoms with van der Waals surface area (Å²) in [6.45, 7) is 0. The number of nitrogens with one attached hydrogen (secondary N) is 1. The highest BCUT2D eigenvalue weighted by atomic mass is 32.1. The molecule has 33 heavy (non-hydrogen) atoms. The minimum atomic E-state index is -1.14. The van der Waals surface area contributed by atoms with Crippen LogP contribution < -0.4 is 15.1 Å². The van der Waals surface area contributed by atoms with E-state index in [-0.39, 0.29) is 22.3 Å². The first-order chi connectivity index (χ1) is 15.9. The summed E-state index contributed by atoms with van der Waals surface area (Å²) in [5.41, 5.74) is 0.436. The third-order valence-corrected chi connectivity index (χ3v) is 6.89. The molecule has 2 aliphatic rings. The molecule has 7 nitrogen and oxygen atoms in total. The van der Waals surface area contributed by atoms with Crippen LogP contribution in [0.15, 0.2) is 48.7 Å². The number of anilines is 2. The Morgan fingerprint density at radius 3 is 2.61 bits per heavy atom. The van der Waals surface area contributed by atoms with Crippen molar-refractivity contribution in [2.75, 3.05) is 16.8 Å². The maximum atomic E-state index is 14.8. The largest absolute Gasteiger partial charge is 0.374 e. The monoisotopic (exact) mass is 461 g/mol. The average Bonchev–Trinajstić information content (AvgIpc) is 3.04. The summed E-state index contributed by atoms with van der Waals surface area (Å²) >= 11 is 5.78. The van der Waals surface area contributed by atoms with Gasteiger partial charge in [0.25, 0.3) is 5.91 Å². The number of thiocarbonyl (C=S) groups is 1. The lowest BCUT2D eigenvalue weighted by Gasteiger charge is -2.43. The van der Waals surface area contributed by atoms with Crippen molar-refractivity contribution in [3.63, 3.8) is 0 Å². The Hall–Kier alpha value is -3.45. The van der Waals surface area contributed by atoms with Crippen LogP contribution in [-0.4, -0.2) is 33.7 Å². The second-order valence-corrected chi connectivity index (χ2v) is 8.56. The molecule has 1 aliphatic heterocycles. The fourth-order valence-electron chi connectivity index (χ4n) is 4.67. The van der Waals surface area contributed by atoms with Gasteiger partial charge in [0.1, 0.15) is 29.3 Å². The van der Waals surface area contributed by atoms with Gasteiger partial charge in [0.2, 0.25) is 0 Å². The molecule has 1 spiro atoms. The number of pyridine rings is 1. The Morgan fingerprint density at radius 2 is 2.00 bits per heavy atom. The minimum Gasteiger partial charge on any atom is -0.374 e. The lowest BCUT2D eigenvalue weighted by atomic mass is 9.75. The van der Waals surface area contributed by atoms with E-state index in [1.54, 1.807) is 17.0 Å². The number of hydrogen-bond acceptors (Lipinski definition) is 6. The van der Waals surface area contributed by atoms with E-state index in [1.165, 1.54) is 30.3 Å². The van der Waals surface area contributed by atoms with Crippen molar-refractivity contribution >= 4 is 45.4 Å². The molecule has 9 heteroatoms. The van der Waals surface area contributed by atoms with E-state index in [2.05, 4.69) is 16.4 Å². The molecule has 1 saturated carbocycles. The SMILES string of the molecule is CNC(O)c1ccc(N2C(=S)N(c3cnc(C#N)c4ccccc34)C(=O)C23CCC3)cc1F. The number of carbonyl (C=O) groups excluding carboxylic acids is 1. The summed E-state index contributed by atoms with van der Waals surface area (Å²) in [4.78, 5) is 21.2. The van der Waals surface area contributed by atoms with Gasteiger partial charge in [-0.1, -0.05) is 30.3 Å². The van der Waals surface area contributed by atoms with Crippen LogP contribution in [0.3, 0.4) is 0 Å². The zero-order chi connectivity index (χ0) is 23.3. The number of aromatic nitrogens is 1. The lowest BCUT2D eigenvalue weighted by Crippen LogP contribution is -2.55. The number of fused-ring (bicyclic) bond motifs is 1. The van der Waals surface area contributed by atoms with Crippen LogP contribution in [-0.2, 0) is 4.79 Å². The first-order valence-corrected chi connectivity index (χ1v) is 10.9. The van der Waals surface area contributed by atoms with E-state index >= 15 is 0 Å². The third kappa shape index (κ3) is 3.03. The van der Waals surface area contributed by atoms with Crippen LogP contribution in [0.2, 0.25) is 0 Å². The maximum absolute atomic E-state index is 14.8. The molecule has 5 rings (SSSR count). The third-order valence-electron chi connectivity index (χ3n) is 6.52. The van der Waals surface area contributed by atoms with Crippen LogP contribution >= 0.6 is 12.2 Å². The average molecular weight is 462 g/mol. The first kappa shape index (κ1) is 21.4. The first-order valence-electron chi connectivity index (χ1n) is 10.5. The highest BCUT2D eigenvalue weighted by Crippen LogP contribution is 2.48. The van der Waals surface area contributed by atoms with E-state index in [9.17, 15) is 19.6 Å². The van der Waals surface area contributed by atoms with Gasteiger partial charge in [0.05, 0.1) is 11.9 Å². The topological polar surface area (TPSA) is 92.5 Å². The van der Waals surface area contributed by atoms with E-state index < -0.39 is 17.6 Å². The second-order valence-electron chi connectivity index (χ2n) is 8.19. The van der Waals surface area contributed by atoms with E-state index in [0.717, 1.165) is 6.42 Å². The Morgan fingerprint density at radius 1 is 1.27 bits per heavy atom. The number of carbonyl (C=O) groups is 1. The van der Waals surface area contributed by atoms with Crippen molar-refractivity contribution in [3.05, 3.63) is 65.7 Å². The fourth-order valence-corrected chi connectivity index (χ4v) is 5.13. The number of hydrogen-bond donors (Lipinski definition) is 2. The summed E-state index contributed by atoms with van der Waals surface area (Å²) in [6.07, 6.45) is 2.38. The van der Waals surface area contributed by atoms with Crippen LogP contribution in [0, 0.1) is 17.1 Å². The number of aliphatic hydroxyl groups is 1. The van der Waals surface area contributed by atoms with Gasteiger partial charge in [-0.15, -0.1) is 0 Å². The zero-order valence-corrected chi connectivity index (χ0v) is 18.6. The van der Waals surface area contributed by atoms with Gasteiger partial charge in [0, 0.05) is 22.0 Å². The lowest BCUT2D eigenvalue weighted by molar-refractivity contribution is -0.123. The predicted octanol–water partition coefficient (Wildman–Crippen LogP) is 3.52. The number of halogens is 1. The zero-order valence-electron chi connectivity index (χ0n) is 17.7. The van der Waals surface area contributed by atoms with Crippen molar-refractivity contribution < 1.29 is 14.3 Å².